The van der Waals surface area contributed by atoms with Crippen molar-refractivity contribution in [3.63, 3.8) is 0 Å². The number of H-pyrrole nitrogens is 1. The van der Waals surface area contributed by atoms with E-state index in [1.807, 2.05) is 48.5 Å². The molecule has 132 valence electrons. The summed E-state index contributed by atoms with van der Waals surface area (Å²) in [5, 5.41) is 10.8. The predicted molar refractivity (Wildman–Crippen MR) is 101 cm³/mol. The fourth-order valence-corrected chi connectivity index (χ4v) is 2.19. The third-order valence-corrected chi connectivity index (χ3v) is 3.71. The van der Waals surface area contributed by atoms with Crippen molar-refractivity contribution in [2.45, 2.75) is 13.5 Å². The van der Waals surface area contributed by atoms with Gasteiger partial charge in [0, 0.05) is 5.02 Å². The lowest BCUT2D eigenvalue weighted by atomic mass is 10.2. The van der Waals surface area contributed by atoms with Crippen molar-refractivity contribution in [2.75, 3.05) is 5.43 Å². The smallest absolute Gasteiger partial charge is 0.363 e. The van der Waals surface area contributed by atoms with Crippen molar-refractivity contribution in [3.8, 4) is 5.75 Å². The minimum atomic E-state index is -0.532. The van der Waals surface area contributed by atoms with Crippen LogP contribution >= 0.6 is 11.6 Å². The standard InChI is InChI=1S/C18H16ClN5O2/c1-12-17(21-18(25)24-22-12)23-20-10-13-4-8-16(9-5-13)26-11-14-2-6-15(19)7-3-14/h2-10H,11H2,1H3,(H2,21,23,24,25)/b20-10+. The zero-order valence-corrected chi connectivity index (χ0v) is 14.7. The van der Waals surface area contributed by atoms with Gasteiger partial charge in [-0.2, -0.15) is 15.2 Å². The van der Waals surface area contributed by atoms with Crippen molar-refractivity contribution in [3.05, 3.63) is 80.9 Å². The molecule has 1 heterocycles. The van der Waals surface area contributed by atoms with Crippen LogP contribution in [0.15, 0.2) is 58.4 Å². The second-order valence-electron chi connectivity index (χ2n) is 5.43. The molecule has 0 saturated heterocycles. The third kappa shape index (κ3) is 4.90. The number of rotatable bonds is 6. The summed E-state index contributed by atoms with van der Waals surface area (Å²) >= 11 is 5.86. The Hall–Kier alpha value is -3.19. The molecule has 1 aromatic heterocycles. The topological polar surface area (TPSA) is 92.3 Å². The van der Waals surface area contributed by atoms with E-state index in [9.17, 15) is 4.79 Å². The van der Waals surface area contributed by atoms with Crippen LogP contribution in [0.1, 0.15) is 16.8 Å². The van der Waals surface area contributed by atoms with Gasteiger partial charge in [0.25, 0.3) is 0 Å². The summed E-state index contributed by atoms with van der Waals surface area (Å²) in [6.07, 6.45) is 1.62. The van der Waals surface area contributed by atoms with Gasteiger partial charge < -0.3 is 4.74 Å². The maximum absolute atomic E-state index is 11.2. The number of halogens is 1. The van der Waals surface area contributed by atoms with Crippen molar-refractivity contribution in [2.24, 2.45) is 5.10 Å². The van der Waals surface area contributed by atoms with Crippen molar-refractivity contribution in [1.29, 1.82) is 0 Å². The van der Waals surface area contributed by atoms with Crippen LogP contribution in [0.3, 0.4) is 0 Å². The maximum atomic E-state index is 11.2. The minimum Gasteiger partial charge on any atom is -0.489 e. The largest absolute Gasteiger partial charge is 0.489 e. The number of hydrogen-bond acceptors (Lipinski definition) is 6. The fourth-order valence-electron chi connectivity index (χ4n) is 2.06. The van der Waals surface area contributed by atoms with Gasteiger partial charge in [-0.1, -0.05) is 23.7 Å². The Morgan fingerprint density at radius 3 is 2.65 bits per heavy atom. The molecular weight excluding hydrogens is 354 g/mol. The molecule has 0 radical (unpaired) electrons. The van der Waals surface area contributed by atoms with Gasteiger partial charge in [0.15, 0.2) is 5.82 Å². The molecule has 0 unspecified atom stereocenters. The molecule has 0 aliphatic rings. The quantitative estimate of drug-likeness (QED) is 0.514. The Morgan fingerprint density at radius 2 is 1.92 bits per heavy atom. The summed E-state index contributed by atoms with van der Waals surface area (Å²) in [5.74, 6) is 1.06. The van der Waals surface area contributed by atoms with Crippen LogP contribution in [0.4, 0.5) is 5.82 Å². The van der Waals surface area contributed by atoms with E-state index >= 15 is 0 Å². The van der Waals surface area contributed by atoms with E-state index in [2.05, 4.69) is 25.7 Å². The molecule has 2 aromatic carbocycles. The summed E-state index contributed by atoms with van der Waals surface area (Å²) < 4.78 is 5.73. The van der Waals surface area contributed by atoms with Crippen LogP contribution in [0.25, 0.3) is 0 Å². The highest BCUT2D eigenvalue weighted by molar-refractivity contribution is 6.30. The number of anilines is 1. The molecule has 0 fully saturated rings. The third-order valence-electron chi connectivity index (χ3n) is 3.46. The molecule has 0 aliphatic heterocycles. The first-order valence-electron chi connectivity index (χ1n) is 7.80. The van der Waals surface area contributed by atoms with Gasteiger partial charge in [-0.05, 0) is 54.4 Å². The minimum absolute atomic E-state index is 0.313. The second kappa shape index (κ2) is 8.26. The number of benzene rings is 2. The summed E-state index contributed by atoms with van der Waals surface area (Å²) in [4.78, 5) is 14.9. The van der Waals surface area contributed by atoms with Crippen LogP contribution in [-0.2, 0) is 6.61 Å². The summed E-state index contributed by atoms with van der Waals surface area (Å²) in [6, 6.07) is 15.0. The van der Waals surface area contributed by atoms with E-state index in [0.717, 1.165) is 16.9 Å². The van der Waals surface area contributed by atoms with Gasteiger partial charge >= 0.3 is 5.69 Å². The van der Waals surface area contributed by atoms with E-state index in [0.29, 0.717) is 23.1 Å². The molecule has 0 bridgehead atoms. The Labute approximate surface area is 154 Å². The van der Waals surface area contributed by atoms with E-state index in [-0.39, 0.29) is 0 Å². The number of nitrogens with zero attached hydrogens (tertiary/aromatic N) is 3. The van der Waals surface area contributed by atoms with Crippen LogP contribution < -0.4 is 15.9 Å². The highest BCUT2D eigenvalue weighted by Crippen LogP contribution is 2.15. The van der Waals surface area contributed by atoms with Gasteiger partial charge in [0.1, 0.15) is 18.1 Å². The fraction of sp³-hybridized carbons (Fsp3) is 0.111. The summed E-state index contributed by atoms with van der Waals surface area (Å²) in [7, 11) is 0. The molecule has 3 aromatic rings. The number of aromatic amines is 1. The molecule has 7 nitrogen and oxygen atoms in total. The monoisotopic (exact) mass is 369 g/mol. The Bertz CT molecular complexity index is 953. The first-order chi connectivity index (χ1) is 12.6. The van der Waals surface area contributed by atoms with Crippen LogP contribution in [0.5, 0.6) is 5.75 Å². The molecule has 0 spiro atoms. The van der Waals surface area contributed by atoms with Gasteiger partial charge in [-0.25, -0.2) is 9.89 Å². The van der Waals surface area contributed by atoms with Gasteiger partial charge in [-0.15, -0.1) is 0 Å². The molecule has 26 heavy (non-hydrogen) atoms. The number of ether oxygens (including phenoxy) is 1. The number of hydrazone groups is 1. The lowest BCUT2D eigenvalue weighted by Crippen LogP contribution is -2.15. The maximum Gasteiger partial charge on any atom is 0.363 e. The summed E-state index contributed by atoms with van der Waals surface area (Å²) in [6.45, 7) is 2.18. The molecule has 8 heteroatoms. The zero-order valence-electron chi connectivity index (χ0n) is 13.9. The summed E-state index contributed by atoms with van der Waals surface area (Å²) in [5.41, 5.74) is 4.63. The van der Waals surface area contributed by atoms with E-state index < -0.39 is 5.69 Å². The first kappa shape index (κ1) is 17.6. The number of aryl methyl sites for hydroxylation is 1. The van der Waals surface area contributed by atoms with Gasteiger partial charge in [0.05, 0.1) is 6.21 Å². The molecule has 0 atom stereocenters. The number of nitrogens with one attached hydrogen (secondary N) is 2. The molecule has 0 aliphatic carbocycles. The Kier molecular flexibility index (Phi) is 5.60. The van der Waals surface area contributed by atoms with E-state index in [1.54, 1.807) is 13.1 Å². The van der Waals surface area contributed by atoms with E-state index in [1.165, 1.54) is 0 Å². The highest BCUT2D eigenvalue weighted by atomic mass is 35.5. The molecule has 0 saturated carbocycles. The second-order valence-corrected chi connectivity index (χ2v) is 5.87. The first-order valence-corrected chi connectivity index (χ1v) is 8.18. The van der Waals surface area contributed by atoms with Gasteiger partial charge in [0.2, 0.25) is 0 Å². The zero-order chi connectivity index (χ0) is 18.4. The van der Waals surface area contributed by atoms with Crippen molar-refractivity contribution < 1.29 is 4.74 Å². The highest BCUT2D eigenvalue weighted by Gasteiger charge is 2.00. The Morgan fingerprint density at radius 1 is 1.19 bits per heavy atom. The van der Waals surface area contributed by atoms with E-state index in [4.69, 9.17) is 16.3 Å². The molecular formula is C18H16ClN5O2. The molecule has 2 N–H and O–H groups in total. The van der Waals surface area contributed by atoms with Crippen molar-refractivity contribution in [1.82, 2.24) is 15.2 Å². The van der Waals surface area contributed by atoms with Crippen molar-refractivity contribution >= 4 is 23.6 Å². The lowest BCUT2D eigenvalue weighted by molar-refractivity contribution is 0.306. The average molecular weight is 370 g/mol. The van der Waals surface area contributed by atoms with Gasteiger partial charge in [-0.3, -0.25) is 5.43 Å². The average Bonchev–Trinajstić information content (AvgIpc) is 2.65. The van der Waals surface area contributed by atoms with Crippen LogP contribution in [0, 0.1) is 6.92 Å². The number of aromatic nitrogens is 3. The van der Waals surface area contributed by atoms with Crippen LogP contribution in [0.2, 0.25) is 5.02 Å². The molecule has 0 amide bonds. The normalized spacial score (nSPS) is 10.8. The predicted octanol–water partition coefficient (Wildman–Crippen LogP) is 3.15. The SMILES string of the molecule is Cc1n[nH]c(=O)nc1N/N=C/c1ccc(OCc2ccc(Cl)cc2)cc1. The molecule has 3 rings (SSSR count). The Balaban J connectivity index is 1.56. The van der Waals surface area contributed by atoms with Crippen LogP contribution in [-0.4, -0.2) is 21.4 Å². The number of hydrogen-bond donors (Lipinski definition) is 2. The lowest BCUT2D eigenvalue weighted by Gasteiger charge is -2.06.